The van der Waals surface area contributed by atoms with E-state index < -0.39 is 11.3 Å². The maximum Gasteiger partial charge on any atom is 0.236 e. The molecule has 0 aromatic rings. The molecule has 0 saturated heterocycles. The smallest absolute Gasteiger partial charge is 0.236 e. The van der Waals surface area contributed by atoms with Crippen molar-refractivity contribution < 1.29 is 4.79 Å². The predicted octanol–water partition coefficient (Wildman–Crippen LogP) is 0.474. The zero-order chi connectivity index (χ0) is 5.86. The van der Waals surface area contributed by atoms with Crippen molar-refractivity contribution in [3.63, 3.8) is 0 Å². The Labute approximate surface area is 55.1 Å². The maximum absolute atomic E-state index is 9.99. The molecule has 7 heavy (non-hydrogen) atoms. The third kappa shape index (κ3) is 2.88. The zero-order valence-electron chi connectivity index (χ0n) is 3.53. The first-order valence-corrected chi connectivity index (χ1v) is 3.23. The highest BCUT2D eigenvalue weighted by Crippen LogP contribution is 1.97. The first-order chi connectivity index (χ1) is 3.18. The molecule has 1 amide bonds. The summed E-state index contributed by atoms with van der Waals surface area (Å²) in [5.41, 5.74) is 4.75. The average molecular weight is 186 g/mol. The van der Waals surface area contributed by atoms with Crippen LogP contribution in [0.25, 0.3) is 0 Å². The molecule has 0 fully saturated rings. The summed E-state index contributed by atoms with van der Waals surface area (Å²) in [5.74, 6) is -0.487. The van der Waals surface area contributed by atoms with Gasteiger partial charge in [0.25, 0.3) is 0 Å². The molecule has 0 radical (unpaired) electrons. The van der Waals surface area contributed by atoms with Gasteiger partial charge in [-0.05, 0) is 0 Å². The number of hydrogen-bond donors (Lipinski definition) is 1. The summed E-state index contributed by atoms with van der Waals surface area (Å²) in [6.07, 6.45) is 0. The molecular weight excluding hydrogens is 181 g/mol. The normalized spacial score (nSPS) is 13.4. The Kier molecular flexibility index (Phi) is 3.38. The fourth-order valence-corrected chi connectivity index (χ4v) is 0.395. The second kappa shape index (κ2) is 3.27. The van der Waals surface area contributed by atoms with Crippen molar-refractivity contribution in [1.82, 2.24) is 0 Å². The van der Waals surface area contributed by atoms with Gasteiger partial charge in [0.2, 0.25) is 5.91 Å². The van der Waals surface area contributed by atoms with Crippen LogP contribution in [0.1, 0.15) is 0 Å². The van der Waals surface area contributed by atoms with E-state index in [1.165, 1.54) is 0 Å². The molecule has 0 bridgehead atoms. The number of rotatable bonds is 2. The van der Waals surface area contributed by atoms with Gasteiger partial charge >= 0.3 is 0 Å². The quantitative estimate of drug-likeness (QED) is 0.626. The van der Waals surface area contributed by atoms with Gasteiger partial charge in [0.1, 0.15) is 5.38 Å². The Balaban J connectivity index is 3.34. The standard InChI is InChI=1S/C3H5BrClNO/c4-1-2(5)3(6)7/h2H,1H2,(H2,6,7). The molecule has 4 heteroatoms. The van der Waals surface area contributed by atoms with E-state index in [1.54, 1.807) is 0 Å². The fraction of sp³-hybridized carbons (Fsp3) is 0.667. The van der Waals surface area contributed by atoms with Gasteiger partial charge in [-0.2, -0.15) is 0 Å². The Hall–Kier alpha value is 0.240. The molecule has 0 saturated carbocycles. The molecule has 0 spiro atoms. The lowest BCUT2D eigenvalue weighted by Crippen LogP contribution is -2.24. The van der Waals surface area contributed by atoms with Crippen LogP contribution in [0.5, 0.6) is 0 Å². The molecule has 0 rings (SSSR count). The Bertz CT molecular complexity index is 77.3. The van der Waals surface area contributed by atoms with E-state index in [9.17, 15) is 4.79 Å². The van der Waals surface area contributed by atoms with Gasteiger partial charge in [0.05, 0.1) is 0 Å². The summed E-state index contributed by atoms with van der Waals surface area (Å²) in [6.45, 7) is 0. The summed E-state index contributed by atoms with van der Waals surface area (Å²) in [6, 6.07) is 0. The molecule has 0 aliphatic rings. The van der Waals surface area contributed by atoms with E-state index in [1.807, 2.05) is 0 Å². The lowest BCUT2D eigenvalue weighted by Gasteiger charge is -1.94. The molecule has 1 atom stereocenters. The highest BCUT2D eigenvalue weighted by molar-refractivity contribution is 9.09. The molecular formula is C3H5BrClNO. The van der Waals surface area contributed by atoms with E-state index in [2.05, 4.69) is 15.9 Å². The number of halogens is 2. The van der Waals surface area contributed by atoms with Crippen LogP contribution in [-0.4, -0.2) is 16.6 Å². The number of amides is 1. The summed E-state index contributed by atoms with van der Waals surface area (Å²) >= 11 is 8.26. The molecule has 2 N–H and O–H groups in total. The van der Waals surface area contributed by atoms with Crippen LogP contribution in [0.15, 0.2) is 0 Å². The molecule has 0 heterocycles. The van der Waals surface area contributed by atoms with Crippen LogP contribution in [0.4, 0.5) is 0 Å². The SMILES string of the molecule is NC(=O)C(Cl)CBr. The van der Waals surface area contributed by atoms with E-state index in [4.69, 9.17) is 17.3 Å². The van der Waals surface area contributed by atoms with Crippen LogP contribution in [0.3, 0.4) is 0 Å². The topological polar surface area (TPSA) is 43.1 Å². The van der Waals surface area contributed by atoms with Crippen molar-refractivity contribution >= 4 is 33.4 Å². The maximum atomic E-state index is 9.99. The van der Waals surface area contributed by atoms with Gasteiger partial charge < -0.3 is 5.73 Å². The van der Waals surface area contributed by atoms with Gasteiger partial charge in [-0.15, -0.1) is 11.6 Å². The lowest BCUT2D eigenvalue weighted by atomic mass is 10.5. The first-order valence-electron chi connectivity index (χ1n) is 1.68. The highest BCUT2D eigenvalue weighted by atomic mass is 79.9. The monoisotopic (exact) mass is 185 g/mol. The van der Waals surface area contributed by atoms with Gasteiger partial charge in [0, 0.05) is 5.33 Å². The Morgan fingerprint density at radius 1 is 2.00 bits per heavy atom. The number of nitrogens with two attached hydrogens (primary N) is 1. The van der Waals surface area contributed by atoms with Gasteiger partial charge in [-0.3, -0.25) is 4.79 Å². The summed E-state index contributed by atoms with van der Waals surface area (Å²) in [5, 5.41) is -0.149. The summed E-state index contributed by atoms with van der Waals surface area (Å²) < 4.78 is 0. The van der Waals surface area contributed by atoms with Crippen molar-refractivity contribution in [2.24, 2.45) is 5.73 Å². The number of carbonyl (C=O) groups excluding carboxylic acids is 1. The second-order valence-corrected chi connectivity index (χ2v) is 2.20. The highest BCUT2D eigenvalue weighted by Gasteiger charge is 2.06. The third-order valence-corrected chi connectivity index (χ3v) is 1.83. The van der Waals surface area contributed by atoms with Crippen molar-refractivity contribution in [2.45, 2.75) is 5.38 Å². The van der Waals surface area contributed by atoms with E-state index >= 15 is 0 Å². The van der Waals surface area contributed by atoms with E-state index in [-0.39, 0.29) is 0 Å². The minimum atomic E-state index is -0.569. The molecule has 2 nitrogen and oxygen atoms in total. The van der Waals surface area contributed by atoms with Crippen LogP contribution in [-0.2, 0) is 4.79 Å². The predicted molar refractivity (Wildman–Crippen MR) is 32.6 cm³/mol. The van der Waals surface area contributed by atoms with Gasteiger partial charge in [0.15, 0.2) is 0 Å². The second-order valence-electron chi connectivity index (χ2n) is 1.02. The minimum Gasteiger partial charge on any atom is -0.368 e. The summed E-state index contributed by atoms with van der Waals surface area (Å²) in [4.78, 5) is 9.99. The van der Waals surface area contributed by atoms with Crippen LogP contribution in [0.2, 0.25) is 0 Å². The molecule has 0 aromatic heterocycles. The third-order valence-electron chi connectivity index (χ3n) is 0.444. The van der Waals surface area contributed by atoms with Gasteiger partial charge in [-0.25, -0.2) is 0 Å². The van der Waals surface area contributed by atoms with Crippen molar-refractivity contribution in [3.05, 3.63) is 0 Å². The number of primary amides is 1. The molecule has 0 aliphatic heterocycles. The fourth-order valence-electron chi connectivity index (χ4n) is 0.0760. The van der Waals surface area contributed by atoms with Crippen molar-refractivity contribution in [1.29, 1.82) is 0 Å². The largest absolute Gasteiger partial charge is 0.368 e. The van der Waals surface area contributed by atoms with Crippen molar-refractivity contribution in [3.8, 4) is 0 Å². The Morgan fingerprint density at radius 2 is 2.43 bits per heavy atom. The van der Waals surface area contributed by atoms with E-state index in [0.29, 0.717) is 5.33 Å². The van der Waals surface area contributed by atoms with Gasteiger partial charge in [-0.1, -0.05) is 15.9 Å². The molecule has 1 unspecified atom stereocenters. The Morgan fingerprint density at radius 3 is 2.43 bits per heavy atom. The van der Waals surface area contributed by atoms with Crippen LogP contribution in [0, 0.1) is 0 Å². The van der Waals surface area contributed by atoms with Crippen LogP contribution < -0.4 is 5.73 Å². The van der Waals surface area contributed by atoms with Crippen molar-refractivity contribution in [2.75, 3.05) is 5.33 Å². The number of hydrogen-bond acceptors (Lipinski definition) is 1. The molecule has 0 aliphatic carbocycles. The molecule has 0 aromatic carbocycles. The van der Waals surface area contributed by atoms with E-state index in [0.717, 1.165) is 0 Å². The first kappa shape index (κ1) is 7.24. The van der Waals surface area contributed by atoms with Crippen LogP contribution >= 0.6 is 27.5 Å². The zero-order valence-corrected chi connectivity index (χ0v) is 5.87. The lowest BCUT2D eigenvalue weighted by molar-refractivity contribution is -0.117. The number of carbonyl (C=O) groups is 1. The summed E-state index contributed by atoms with van der Waals surface area (Å²) in [7, 11) is 0. The average Bonchev–Trinajstić information content (AvgIpc) is 1.65. The number of alkyl halides is 2. The molecule has 42 valence electrons. The minimum absolute atomic E-state index is 0.421.